The first-order valence-electron chi connectivity index (χ1n) is 8.06. The molecule has 128 valence electrons. The minimum Gasteiger partial charge on any atom is -0.469 e. The lowest BCUT2D eigenvalue weighted by molar-refractivity contribution is -0.135. The van der Waals surface area contributed by atoms with Gasteiger partial charge in [0.1, 0.15) is 11.4 Å². The van der Waals surface area contributed by atoms with Crippen molar-refractivity contribution in [3.8, 4) is 0 Å². The van der Waals surface area contributed by atoms with Crippen LogP contribution in [0.25, 0.3) is 0 Å². The molecule has 0 saturated carbocycles. The maximum absolute atomic E-state index is 12.4. The number of hydrogen-bond donors (Lipinski definition) is 0. The van der Waals surface area contributed by atoms with Gasteiger partial charge in [0.2, 0.25) is 5.91 Å². The van der Waals surface area contributed by atoms with Crippen molar-refractivity contribution < 1.29 is 18.7 Å². The van der Waals surface area contributed by atoms with E-state index in [-0.39, 0.29) is 18.0 Å². The summed E-state index contributed by atoms with van der Waals surface area (Å²) >= 11 is 0. The average molecular weight is 322 g/mol. The highest BCUT2D eigenvalue weighted by molar-refractivity contribution is 5.77. The molecule has 0 radical (unpaired) electrons. The van der Waals surface area contributed by atoms with Crippen LogP contribution in [-0.2, 0) is 16.0 Å². The Kier molecular flexibility index (Phi) is 5.34. The van der Waals surface area contributed by atoms with E-state index < -0.39 is 5.60 Å². The number of furan rings is 1. The second-order valence-corrected chi connectivity index (χ2v) is 6.94. The highest BCUT2D eigenvalue weighted by Crippen LogP contribution is 2.16. The van der Waals surface area contributed by atoms with Crippen LogP contribution in [-0.4, -0.2) is 53.1 Å². The van der Waals surface area contributed by atoms with Crippen LogP contribution in [0.5, 0.6) is 0 Å². The Bertz CT molecular complexity index is 533. The van der Waals surface area contributed by atoms with E-state index in [4.69, 9.17) is 9.15 Å². The molecule has 6 heteroatoms. The van der Waals surface area contributed by atoms with Gasteiger partial charge in [-0.15, -0.1) is 0 Å². The lowest BCUT2D eigenvalue weighted by Crippen LogP contribution is -2.56. The fourth-order valence-electron chi connectivity index (χ4n) is 2.65. The average Bonchev–Trinajstić information content (AvgIpc) is 2.96. The highest BCUT2D eigenvalue weighted by atomic mass is 16.6. The largest absolute Gasteiger partial charge is 0.469 e. The van der Waals surface area contributed by atoms with Crippen LogP contribution >= 0.6 is 0 Å². The standard InChI is InChI=1S/C17H26N2O4/c1-13-12-18(16(21)23-17(2,3)4)9-10-19(13)15(20)8-7-14-6-5-11-22-14/h5-6,11,13H,7-10,12H2,1-4H3. The smallest absolute Gasteiger partial charge is 0.410 e. The summed E-state index contributed by atoms with van der Waals surface area (Å²) in [5.41, 5.74) is -0.504. The highest BCUT2D eigenvalue weighted by Gasteiger charge is 2.31. The Morgan fingerprint density at radius 1 is 1.35 bits per heavy atom. The second-order valence-electron chi connectivity index (χ2n) is 6.94. The minimum atomic E-state index is -0.504. The predicted octanol–water partition coefficient (Wildman–Crippen LogP) is 2.68. The summed E-state index contributed by atoms with van der Waals surface area (Å²) in [5, 5.41) is 0. The fraction of sp³-hybridized carbons (Fsp3) is 0.647. The van der Waals surface area contributed by atoms with Crippen molar-refractivity contribution in [2.45, 2.75) is 52.2 Å². The molecular weight excluding hydrogens is 296 g/mol. The van der Waals surface area contributed by atoms with E-state index in [9.17, 15) is 9.59 Å². The van der Waals surface area contributed by atoms with E-state index in [0.29, 0.717) is 32.5 Å². The first kappa shape index (κ1) is 17.4. The van der Waals surface area contributed by atoms with Crippen molar-refractivity contribution >= 4 is 12.0 Å². The molecular formula is C17H26N2O4. The molecule has 6 nitrogen and oxygen atoms in total. The molecule has 1 aliphatic heterocycles. The number of nitrogens with zero attached hydrogens (tertiary/aromatic N) is 2. The van der Waals surface area contributed by atoms with Crippen LogP contribution in [0, 0.1) is 0 Å². The Morgan fingerprint density at radius 3 is 2.65 bits per heavy atom. The molecule has 2 amide bonds. The zero-order valence-electron chi connectivity index (χ0n) is 14.4. The predicted molar refractivity (Wildman–Crippen MR) is 86.0 cm³/mol. The second kappa shape index (κ2) is 7.06. The molecule has 2 heterocycles. The summed E-state index contributed by atoms with van der Waals surface area (Å²) in [4.78, 5) is 28.0. The van der Waals surface area contributed by atoms with Gasteiger partial charge in [0, 0.05) is 38.5 Å². The first-order valence-corrected chi connectivity index (χ1v) is 8.06. The molecule has 1 fully saturated rings. The van der Waals surface area contributed by atoms with Gasteiger partial charge in [-0.2, -0.15) is 0 Å². The number of rotatable bonds is 3. The van der Waals surface area contributed by atoms with E-state index in [1.54, 1.807) is 11.2 Å². The molecule has 0 bridgehead atoms. The molecule has 1 unspecified atom stereocenters. The van der Waals surface area contributed by atoms with Gasteiger partial charge in [-0.25, -0.2) is 4.79 Å². The SMILES string of the molecule is CC1CN(C(=O)OC(C)(C)C)CCN1C(=O)CCc1ccco1. The van der Waals surface area contributed by atoms with Gasteiger partial charge < -0.3 is 19.0 Å². The molecule has 0 aliphatic carbocycles. The van der Waals surface area contributed by atoms with Gasteiger partial charge in [-0.05, 0) is 39.8 Å². The third kappa shape index (κ3) is 5.01. The van der Waals surface area contributed by atoms with Crippen LogP contribution in [0.2, 0.25) is 0 Å². The third-order valence-corrected chi connectivity index (χ3v) is 3.76. The van der Waals surface area contributed by atoms with Crippen LogP contribution < -0.4 is 0 Å². The number of carbonyl (C=O) groups excluding carboxylic acids is 2. The number of hydrogen-bond acceptors (Lipinski definition) is 4. The van der Waals surface area contributed by atoms with Gasteiger partial charge in [0.25, 0.3) is 0 Å². The van der Waals surface area contributed by atoms with Crippen molar-refractivity contribution in [3.05, 3.63) is 24.2 Å². The molecule has 0 aromatic carbocycles. The van der Waals surface area contributed by atoms with E-state index in [1.165, 1.54) is 0 Å². The topological polar surface area (TPSA) is 63.0 Å². The Hall–Kier alpha value is -1.98. The fourth-order valence-corrected chi connectivity index (χ4v) is 2.65. The summed E-state index contributed by atoms with van der Waals surface area (Å²) in [6.45, 7) is 9.06. The van der Waals surface area contributed by atoms with Crippen molar-refractivity contribution in [1.29, 1.82) is 0 Å². The van der Waals surface area contributed by atoms with E-state index in [1.807, 2.05) is 44.7 Å². The molecule has 1 aliphatic rings. The lowest BCUT2D eigenvalue weighted by Gasteiger charge is -2.40. The zero-order chi connectivity index (χ0) is 17.0. The third-order valence-electron chi connectivity index (χ3n) is 3.76. The van der Waals surface area contributed by atoms with Crippen molar-refractivity contribution in [1.82, 2.24) is 9.80 Å². The van der Waals surface area contributed by atoms with Gasteiger partial charge in [0.15, 0.2) is 0 Å². The van der Waals surface area contributed by atoms with E-state index >= 15 is 0 Å². The summed E-state index contributed by atoms with van der Waals surface area (Å²) in [6, 6.07) is 3.68. The zero-order valence-corrected chi connectivity index (χ0v) is 14.4. The Balaban J connectivity index is 1.83. The molecule has 0 spiro atoms. The van der Waals surface area contributed by atoms with Crippen molar-refractivity contribution in [2.24, 2.45) is 0 Å². The quantitative estimate of drug-likeness (QED) is 0.858. The van der Waals surface area contributed by atoms with Crippen molar-refractivity contribution in [2.75, 3.05) is 19.6 Å². The summed E-state index contributed by atoms with van der Waals surface area (Å²) in [7, 11) is 0. The van der Waals surface area contributed by atoms with E-state index in [0.717, 1.165) is 5.76 Å². The number of piperazine rings is 1. The lowest BCUT2D eigenvalue weighted by atomic mass is 10.1. The van der Waals surface area contributed by atoms with Crippen LogP contribution in [0.3, 0.4) is 0 Å². The van der Waals surface area contributed by atoms with Crippen LogP contribution in [0.15, 0.2) is 22.8 Å². The Morgan fingerprint density at radius 2 is 2.09 bits per heavy atom. The summed E-state index contributed by atoms with van der Waals surface area (Å²) in [5.74, 6) is 0.913. The number of aryl methyl sites for hydroxylation is 1. The number of ether oxygens (including phenoxy) is 1. The van der Waals surface area contributed by atoms with Gasteiger partial charge in [-0.3, -0.25) is 4.79 Å². The van der Waals surface area contributed by atoms with Crippen molar-refractivity contribution in [3.63, 3.8) is 0 Å². The minimum absolute atomic E-state index is 0.0135. The Labute approximate surface area is 137 Å². The summed E-state index contributed by atoms with van der Waals surface area (Å²) in [6.07, 6.45) is 2.32. The first-order chi connectivity index (χ1) is 10.8. The monoisotopic (exact) mass is 322 g/mol. The van der Waals surface area contributed by atoms with Gasteiger partial charge >= 0.3 is 6.09 Å². The molecule has 23 heavy (non-hydrogen) atoms. The van der Waals surface area contributed by atoms with Crippen LogP contribution in [0.4, 0.5) is 4.79 Å². The van der Waals surface area contributed by atoms with Crippen LogP contribution in [0.1, 0.15) is 39.9 Å². The van der Waals surface area contributed by atoms with E-state index in [2.05, 4.69) is 0 Å². The van der Waals surface area contributed by atoms with Gasteiger partial charge in [-0.1, -0.05) is 0 Å². The molecule has 1 atom stereocenters. The number of carbonyl (C=O) groups is 2. The number of amides is 2. The molecule has 0 N–H and O–H groups in total. The molecule has 1 aromatic rings. The molecule has 1 saturated heterocycles. The molecule has 1 aromatic heterocycles. The maximum Gasteiger partial charge on any atom is 0.410 e. The summed E-state index contributed by atoms with van der Waals surface area (Å²) < 4.78 is 10.6. The molecule has 2 rings (SSSR count). The maximum atomic E-state index is 12.4. The van der Waals surface area contributed by atoms with Gasteiger partial charge in [0.05, 0.1) is 6.26 Å². The normalized spacial score (nSPS) is 18.9.